The maximum atomic E-state index is 9.54. The van der Waals surface area contributed by atoms with E-state index < -0.39 is 0 Å². The van der Waals surface area contributed by atoms with Gasteiger partial charge in [-0.2, -0.15) is 0 Å². The summed E-state index contributed by atoms with van der Waals surface area (Å²) in [5.41, 5.74) is 0. The molecule has 0 spiro atoms. The van der Waals surface area contributed by atoms with Crippen LogP contribution in [0, 0.1) is 35.5 Å². The van der Waals surface area contributed by atoms with Gasteiger partial charge < -0.3 is 0 Å². The van der Waals surface area contributed by atoms with Crippen LogP contribution in [0.15, 0.2) is 0 Å². The van der Waals surface area contributed by atoms with E-state index in [1.54, 1.807) is 0 Å². The van der Waals surface area contributed by atoms with E-state index in [0.29, 0.717) is 11.8 Å². The van der Waals surface area contributed by atoms with E-state index in [1.807, 2.05) is 0 Å². The zero-order valence-electron chi connectivity index (χ0n) is 15.4. The van der Waals surface area contributed by atoms with Crippen molar-refractivity contribution in [1.82, 2.24) is 0 Å². The van der Waals surface area contributed by atoms with Crippen LogP contribution in [-0.2, 0) is 4.89 Å². The Morgan fingerprint density at radius 2 is 1.00 bits per heavy atom. The van der Waals surface area contributed by atoms with E-state index in [2.05, 4.69) is 13.8 Å². The highest BCUT2D eigenvalue weighted by atomic mass is 17.1. The first-order valence-electron chi connectivity index (χ1n) is 10.5. The van der Waals surface area contributed by atoms with Crippen LogP contribution < -0.4 is 0 Å². The van der Waals surface area contributed by atoms with Gasteiger partial charge in [0.05, 0.1) is 6.10 Å². The molecular formula is C21H44O2. The highest BCUT2D eigenvalue weighted by molar-refractivity contribution is 4.87. The lowest BCUT2D eigenvalue weighted by molar-refractivity contribution is -0.307. The minimum atomic E-state index is 0. The molecule has 1 unspecified atom stereocenters. The molecule has 0 aromatic rings. The summed E-state index contributed by atoms with van der Waals surface area (Å²) in [5.74, 6) is 5.00. The second-order valence-electron chi connectivity index (χ2n) is 9.28. The van der Waals surface area contributed by atoms with E-state index in [0.717, 1.165) is 23.7 Å². The second kappa shape index (κ2) is 8.34. The summed E-state index contributed by atoms with van der Waals surface area (Å²) in [4.78, 5) is 5.06. The molecule has 3 aliphatic carbocycles. The zero-order chi connectivity index (χ0) is 16.2. The van der Waals surface area contributed by atoms with Gasteiger partial charge in [0.15, 0.2) is 0 Å². The molecule has 0 aromatic carbocycles. The van der Waals surface area contributed by atoms with Crippen LogP contribution in [0.1, 0.15) is 95.2 Å². The lowest BCUT2D eigenvalue weighted by atomic mass is 9.67. The monoisotopic (exact) mass is 328 g/mol. The Kier molecular flexibility index (Phi) is 6.43. The predicted octanol–water partition coefficient (Wildman–Crippen LogP) is 7.04. The van der Waals surface area contributed by atoms with Gasteiger partial charge in [0.1, 0.15) is 0 Å². The number of hydrogen-bond acceptors (Lipinski definition) is 2. The molecule has 0 saturated heterocycles. The van der Waals surface area contributed by atoms with Gasteiger partial charge in [-0.25, -0.2) is 4.89 Å². The second-order valence-corrected chi connectivity index (χ2v) is 9.28. The van der Waals surface area contributed by atoms with E-state index >= 15 is 0 Å². The fourth-order valence-electron chi connectivity index (χ4n) is 5.87. The molecule has 1 atom stereocenters. The van der Waals surface area contributed by atoms with Gasteiger partial charge in [-0.1, -0.05) is 39.5 Å². The van der Waals surface area contributed by atoms with Crippen LogP contribution in [0.2, 0.25) is 0 Å². The molecule has 23 heavy (non-hydrogen) atoms. The zero-order valence-corrected chi connectivity index (χ0v) is 15.4. The van der Waals surface area contributed by atoms with Crippen molar-refractivity contribution in [3.8, 4) is 0 Å². The molecule has 140 valence electrons. The fourth-order valence-corrected chi connectivity index (χ4v) is 5.87. The van der Waals surface area contributed by atoms with Crippen LogP contribution >= 0.6 is 0 Å². The maximum absolute atomic E-state index is 9.54. The van der Waals surface area contributed by atoms with Gasteiger partial charge in [0, 0.05) is 4.28 Å². The molecule has 0 heterocycles. The first-order chi connectivity index (χ1) is 11.2. The van der Waals surface area contributed by atoms with E-state index in [-0.39, 0.29) is 10.4 Å². The van der Waals surface area contributed by atoms with Crippen molar-refractivity contribution in [2.24, 2.45) is 35.5 Å². The van der Waals surface area contributed by atoms with Crippen molar-refractivity contribution in [3.05, 3.63) is 0 Å². The average molecular weight is 329 g/mol. The molecule has 2 nitrogen and oxygen atoms in total. The van der Waals surface area contributed by atoms with Crippen molar-refractivity contribution < 1.29 is 14.4 Å². The largest absolute Gasteiger partial charge is 0.252 e. The van der Waals surface area contributed by atoms with Gasteiger partial charge in [-0.05, 0) is 86.9 Å². The summed E-state index contributed by atoms with van der Waals surface area (Å²) < 4.78 is 0. The molecule has 0 bridgehead atoms. The van der Waals surface area contributed by atoms with Crippen LogP contribution in [0.5, 0.6) is 0 Å². The summed E-state index contributed by atoms with van der Waals surface area (Å²) in [6.45, 7) is 4.78. The molecule has 0 amide bonds. The molecule has 3 aliphatic rings. The molecule has 3 rings (SSSR count). The first-order valence-corrected chi connectivity index (χ1v) is 10.5. The van der Waals surface area contributed by atoms with Crippen molar-refractivity contribution in [2.75, 3.05) is 0 Å². The minimum Gasteiger partial charge on any atom is -0.252 e. The minimum absolute atomic E-state index is 0. The van der Waals surface area contributed by atoms with E-state index in [1.165, 1.54) is 77.0 Å². The Hall–Kier alpha value is -0.0800. The standard InChI is InChI=1S/C21H38O2.3H2/c1-15-3-7-17(8-4-15)18-11-13-20(14-12-18)21(23-22)19-9-5-16(2)6-10-19;;;/h15-22H,3-14H2,1-2H3;3*1H. The summed E-state index contributed by atoms with van der Waals surface area (Å²) >= 11 is 0. The van der Waals surface area contributed by atoms with Gasteiger partial charge in [-0.3, -0.25) is 5.26 Å². The summed E-state index contributed by atoms with van der Waals surface area (Å²) in [5, 5.41) is 9.54. The first kappa shape index (κ1) is 17.7. The highest BCUT2D eigenvalue weighted by Gasteiger charge is 2.37. The molecule has 2 heteroatoms. The van der Waals surface area contributed by atoms with E-state index in [4.69, 9.17) is 4.89 Å². The van der Waals surface area contributed by atoms with Gasteiger partial charge in [0.2, 0.25) is 0 Å². The molecule has 1 N–H and O–H groups in total. The van der Waals surface area contributed by atoms with Gasteiger partial charge in [-0.15, -0.1) is 0 Å². The van der Waals surface area contributed by atoms with Gasteiger partial charge in [0.25, 0.3) is 0 Å². The summed E-state index contributed by atoms with van der Waals surface area (Å²) in [6, 6.07) is 0. The van der Waals surface area contributed by atoms with Crippen molar-refractivity contribution in [1.29, 1.82) is 0 Å². The quantitative estimate of drug-likeness (QED) is 0.443. The Bertz CT molecular complexity index is 345. The third-order valence-corrected chi connectivity index (χ3v) is 7.66. The number of hydrogen-bond donors (Lipinski definition) is 1. The van der Waals surface area contributed by atoms with Crippen molar-refractivity contribution in [2.45, 2.75) is 97.0 Å². The predicted molar refractivity (Wildman–Crippen MR) is 102 cm³/mol. The molecular weight excluding hydrogens is 284 g/mol. The average Bonchev–Trinajstić information content (AvgIpc) is 2.59. The molecule has 0 aliphatic heterocycles. The number of rotatable bonds is 4. The molecule has 3 fully saturated rings. The third kappa shape index (κ3) is 4.51. The Morgan fingerprint density at radius 3 is 1.43 bits per heavy atom. The molecule has 0 aromatic heterocycles. The normalized spacial score (nSPS) is 44.0. The van der Waals surface area contributed by atoms with Crippen LogP contribution in [-0.4, -0.2) is 11.4 Å². The maximum Gasteiger partial charge on any atom is 0.0983 e. The van der Waals surface area contributed by atoms with Crippen LogP contribution in [0.4, 0.5) is 0 Å². The van der Waals surface area contributed by atoms with Crippen LogP contribution in [0.25, 0.3) is 0 Å². The molecule has 3 saturated carbocycles. The Balaban J connectivity index is 0.00000208. The summed E-state index contributed by atoms with van der Waals surface area (Å²) in [7, 11) is 0. The Labute approximate surface area is 147 Å². The SMILES string of the molecule is CC1CCC(C2CCC(C(OO)C3CCC(C)CC3)CC2)CC1.[HH].[HH].[HH]. The summed E-state index contributed by atoms with van der Waals surface area (Å²) in [6.07, 6.45) is 16.4. The van der Waals surface area contributed by atoms with Gasteiger partial charge >= 0.3 is 0 Å². The van der Waals surface area contributed by atoms with Crippen molar-refractivity contribution in [3.63, 3.8) is 0 Å². The lowest BCUT2D eigenvalue weighted by Gasteiger charge is -2.41. The third-order valence-electron chi connectivity index (χ3n) is 7.66. The lowest BCUT2D eigenvalue weighted by Crippen LogP contribution is -2.37. The van der Waals surface area contributed by atoms with E-state index in [9.17, 15) is 5.26 Å². The fraction of sp³-hybridized carbons (Fsp3) is 1.00. The van der Waals surface area contributed by atoms with Crippen LogP contribution in [0.3, 0.4) is 0 Å². The highest BCUT2D eigenvalue weighted by Crippen LogP contribution is 2.44. The van der Waals surface area contributed by atoms with Crippen molar-refractivity contribution >= 4 is 0 Å². The smallest absolute Gasteiger partial charge is 0.0983 e. The molecule has 0 radical (unpaired) electrons. The topological polar surface area (TPSA) is 29.5 Å². The Morgan fingerprint density at radius 1 is 0.652 bits per heavy atom.